The molecule has 1 aliphatic carbocycles. The SMILES string of the molecule is CCCCC/C=C\C/C=C\CCCCCCCC(=O)O[C@]1(C)C(=O)C=C2C=C(C)OC=C2C1=O. The maximum atomic E-state index is 12.8. The lowest BCUT2D eigenvalue weighted by Crippen LogP contribution is -2.50. The third-order valence-corrected chi connectivity index (χ3v) is 6.12. The van der Waals surface area contributed by atoms with Crippen LogP contribution in [-0.2, 0) is 23.9 Å². The highest BCUT2D eigenvalue weighted by atomic mass is 16.6. The van der Waals surface area contributed by atoms with Gasteiger partial charge >= 0.3 is 5.97 Å². The second kappa shape index (κ2) is 14.5. The number of carbonyl (C=O) groups excluding carboxylic acids is 3. The average molecular weight is 469 g/mol. The molecule has 0 aromatic rings. The molecule has 0 saturated carbocycles. The van der Waals surface area contributed by atoms with Gasteiger partial charge in [-0.05, 0) is 70.1 Å². The van der Waals surface area contributed by atoms with E-state index in [2.05, 4.69) is 31.2 Å². The smallest absolute Gasteiger partial charge is 0.307 e. The van der Waals surface area contributed by atoms with Crippen molar-refractivity contribution in [2.75, 3.05) is 0 Å². The number of unbranched alkanes of at least 4 members (excludes halogenated alkanes) is 8. The van der Waals surface area contributed by atoms with Crippen molar-refractivity contribution in [1.29, 1.82) is 0 Å². The van der Waals surface area contributed by atoms with E-state index < -0.39 is 23.1 Å². The molecule has 0 aromatic heterocycles. The molecule has 5 heteroatoms. The van der Waals surface area contributed by atoms with Crippen LogP contribution in [0.1, 0.15) is 97.8 Å². The second-order valence-corrected chi connectivity index (χ2v) is 9.19. The summed E-state index contributed by atoms with van der Waals surface area (Å²) in [5.41, 5.74) is -1.05. The minimum atomic E-state index is -1.81. The Bertz CT molecular complexity index is 871. The normalized spacial score (nSPS) is 20.1. The van der Waals surface area contributed by atoms with E-state index >= 15 is 0 Å². The molecule has 1 aliphatic heterocycles. The van der Waals surface area contributed by atoms with Crippen molar-refractivity contribution in [2.24, 2.45) is 0 Å². The number of Topliss-reactive ketones (excluding diaryl/α,β-unsaturated/α-hetero) is 1. The Balaban J connectivity index is 1.59. The highest BCUT2D eigenvalue weighted by Gasteiger charge is 2.49. The van der Waals surface area contributed by atoms with Crippen molar-refractivity contribution in [3.8, 4) is 0 Å². The Kier molecular flexibility index (Phi) is 11.8. The fourth-order valence-corrected chi connectivity index (χ4v) is 3.96. The van der Waals surface area contributed by atoms with E-state index in [1.807, 2.05) is 0 Å². The number of carbonyl (C=O) groups is 3. The standard InChI is InChI=1S/C29H40O5/c1-4-5-6-7-8-9-10-11-12-13-14-15-16-17-18-19-27(31)34-29(3)26(30)21-24-20-23(2)33-22-25(24)28(29)32/h8-9,11-12,20-22H,4-7,10,13-19H2,1-3H3/b9-8-,12-11-/t29-/m1/s1. The number of rotatable bonds is 15. The van der Waals surface area contributed by atoms with Crippen molar-refractivity contribution < 1.29 is 23.9 Å². The van der Waals surface area contributed by atoms with E-state index in [0.717, 1.165) is 38.5 Å². The van der Waals surface area contributed by atoms with Crippen LogP contribution in [0.2, 0.25) is 0 Å². The summed E-state index contributed by atoms with van der Waals surface area (Å²) in [5.74, 6) is -0.968. The van der Waals surface area contributed by atoms with Gasteiger partial charge in [0.15, 0.2) is 0 Å². The van der Waals surface area contributed by atoms with Gasteiger partial charge < -0.3 is 9.47 Å². The lowest BCUT2D eigenvalue weighted by atomic mass is 9.80. The van der Waals surface area contributed by atoms with Crippen LogP contribution >= 0.6 is 0 Å². The first-order chi connectivity index (χ1) is 16.4. The van der Waals surface area contributed by atoms with Crippen LogP contribution in [0.4, 0.5) is 0 Å². The van der Waals surface area contributed by atoms with Gasteiger partial charge in [0.2, 0.25) is 17.2 Å². The molecule has 0 bridgehead atoms. The van der Waals surface area contributed by atoms with Gasteiger partial charge in [-0.2, -0.15) is 0 Å². The Morgan fingerprint density at radius 3 is 2.29 bits per heavy atom. The Labute approximate surface area is 204 Å². The van der Waals surface area contributed by atoms with E-state index in [4.69, 9.17) is 9.47 Å². The fourth-order valence-electron chi connectivity index (χ4n) is 3.96. The molecular weight excluding hydrogens is 428 g/mol. The van der Waals surface area contributed by atoms with Crippen molar-refractivity contribution in [3.05, 3.63) is 59.6 Å². The molecule has 2 rings (SSSR count). The van der Waals surface area contributed by atoms with Gasteiger partial charge in [0.1, 0.15) is 12.0 Å². The number of fused-ring (bicyclic) bond motifs is 1. The predicted molar refractivity (Wildman–Crippen MR) is 135 cm³/mol. The molecule has 2 aliphatic rings. The molecule has 0 fully saturated rings. The predicted octanol–water partition coefficient (Wildman–Crippen LogP) is 7.00. The summed E-state index contributed by atoms with van der Waals surface area (Å²) in [6.45, 7) is 5.33. The van der Waals surface area contributed by atoms with Crippen LogP contribution in [0.25, 0.3) is 0 Å². The molecule has 186 valence electrons. The van der Waals surface area contributed by atoms with Gasteiger partial charge in [-0.1, -0.05) is 63.3 Å². The average Bonchev–Trinajstić information content (AvgIpc) is 2.80. The van der Waals surface area contributed by atoms with Crippen LogP contribution in [0, 0.1) is 0 Å². The molecule has 0 saturated heterocycles. The first-order valence-corrected chi connectivity index (χ1v) is 12.8. The summed E-state index contributed by atoms with van der Waals surface area (Å²) in [5, 5.41) is 0. The fraction of sp³-hybridized carbons (Fsp3) is 0.552. The number of hydrogen-bond donors (Lipinski definition) is 0. The van der Waals surface area contributed by atoms with Gasteiger partial charge in [-0.3, -0.25) is 14.4 Å². The van der Waals surface area contributed by atoms with Gasteiger partial charge in [-0.25, -0.2) is 0 Å². The van der Waals surface area contributed by atoms with Crippen LogP contribution in [0.15, 0.2) is 59.6 Å². The van der Waals surface area contributed by atoms with Crippen molar-refractivity contribution in [2.45, 2.75) is 103 Å². The Morgan fingerprint density at radius 2 is 1.59 bits per heavy atom. The molecule has 1 atom stereocenters. The quantitative estimate of drug-likeness (QED) is 0.112. The molecule has 0 amide bonds. The van der Waals surface area contributed by atoms with Crippen LogP contribution in [0.5, 0.6) is 0 Å². The van der Waals surface area contributed by atoms with E-state index in [1.165, 1.54) is 44.9 Å². The minimum Gasteiger partial charge on any atom is -0.469 e. The monoisotopic (exact) mass is 468 g/mol. The third-order valence-electron chi connectivity index (χ3n) is 6.12. The largest absolute Gasteiger partial charge is 0.469 e. The molecule has 0 spiro atoms. The Morgan fingerprint density at radius 1 is 0.941 bits per heavy atom. The topological polar surface area (TPSA) is 69.7 Å². The molecule has 1 heterocycles. The number of esters is 1. The lowest BCUT2D eigenvalue weighted by molar-refractivity contribution is -0.169. The summed E-state index contributed by atoms with van der Waals surface area (Å²) in [7, 11) is 0. The number of ether oxygens (including phenoxy) is 2. The maximum Gasteiger partial charge on any atom is 0.307 e. The molecule has 0 unspecified atom stereocenters. The number of hydrogen-bond acceptors (Lipinski definition) is 5. The summed E-state index contributed by atoms with van der Waals surface area (Å²) in [4.78, 5) is 37.7. The third kappa shape index (κ3) is 8.58. The van der Waals surface area contributed by atoms with Gasteiger partial charge in [0.05, 0.1) is 5.57 Å². The summed E-state index contributed by atoms with van der Waals surface area (Å²) in [6, 6.07) is 0. The van der Waals surface area contributed by atoms with Gasteiger partial charge in [0.25, 0.3) is 0 Å². The number of allylic oxidation sites excluding steroid dienone is 7. The lowest BCUT2D eigenvalue weighted by Gasteiger charge is -2.31. The second-order valence-electron chi connectivity index (χ2n) is 9.19. The van der Waals surface area contributed by atoms with E-state index in [-0.39, 0.29) is 12.0 Å². The van der Waals surface area contributed by atoms with Gasteiger partial charge in [0, 0.05) is 6.42 Å². The van der Waals surface area contributed by atoms with Gasteiger partial charge in [-0.15, -0.1) is 0 Å². The first kappa shape index (κ1) is 27.6. The Hall–Kier alpha value is -2.69. The van der Waals surface area contributed by atoms with E-state index in [1.54, 1.807) is 13.0 Å². The zero-order valence-corrected chi connectivity index (χ0v) is 21.1. The zero-order valence-electron chi connectivity index (χ0n) is 21.1. The maximum absolute atomic E-state index is 12.8. The van der Waals surface area contributed by atoms with Crippen molar-refractivity contribution in [3.63, 3.8) is 0 Å². The molecule has 5 nitrogen and oxygen atoms in total. The molecular formula is C29H40O5. The number of ketones is 2. The van der Waals surface area contributed by atoms with Crippen LogP contribution < -0.4 is 0 Å². The summed E-state index contributed by atoms with van der Waals surface area (Å²) < 4.78 is 10.7. The first-order valence-electron chi connectivity index (χ1n) is 12.8. The van der Waals surface area contributed by atoms with E-state index in [0.29, 0.717) is 17.8 Å². The van der Waals surface area contributed by atoms with Crippen LogP contribution in [0.3, 0.4) is 0 Å². The molecule has 0 N–H and O–H groups in total. The highest BCUT2D eigenvalue weighted by molar-refractivity contribution is 6.26. The molecule has 34 heavy (non-hydrogen) atoms. The van der Waals surface area contributed by atoms with E-state index in [9.17, 15) is 14.4 Å². The minimum absolute atomic E-state index is 0.200. The van der Waals surface area contributed by atoms with Crippen LogP contribution in [-0.4, -0.2) is 23.1 Å². The van der Waals surface area contributed by atoms with Crippen molar-refractivity contribution >= 4 is 17.5 Å². The molecule has 0 radical (unpaired) electrons. The highest BCUT2D eigenvalue weighted by Crippen LogP contribution is 2.33. The van der Waals surface area contributed by atoms with Crippen molar-refractivity contribution in [1.82, 2.24) is 0 Å². The molecule has 0 aromatic carbocycles. The summed E-state index contributed by atoms with van der Waals surface area (Å²) >= 11 is 0. The zero-order chi connectivity index (χ0) is 24.8. The summed E-state index contributed by atoms with van der Waals surface area (Å²) in [6.07, 6.45) is 25.6.